The summed E-state index contributed by atoms with van der Waals surface area (Å²) >= 11 is 0. The van der Waals surface area contributed by atoms with Crippen LogP contribution in [0.25, 0.3) is 38.7 Å². The molecule has 4 aromatic rings. The molecule has 0 unspecified atom stereocenters. The maximum Gasteiger partial charge on any atom is 0.0830 e. The summed E-state index contributed by atoms with van der Waals surface area (Å²) < 4.78 is 5.07. The number of hydrogen-bond donors (Lipinski definition) is 0. The quantitative estimate of drug-likeness (QED) is 0.320. The third-order valence-electron chi connectivity index (χ3n) is 4.40. The lowest BCUT2D eigenvalue weighted by Gasteiger charge is -2.09. The van der Waals surface area contributed by atoms with Crippen LogP contribution in [0.5, 0.6) is 0 Å². The van der Waals surface area contributed by atoms with E-state index in [-0.39, 0.29) is 0 Å². The summed E-state index contributed by atoms with van der Waals surface area (Å²) in [6, 6.07) is 28.0. The zero-order chi connectivity index (χ0) is 16.4. The van der Waals surface area contributed by atoms with E-state index in [1.807, 2.05) is 12.1 Å². The number of rotatable bonds is 3. The fraction of sp³-hybridized carbons (Fsp3) is 0.0435. The largest absolute Gasteiger partial charge is 0.504 e. The maximum atomic E-state index is 5.07. The zero-order valence-electron chi connectivity index (χ0n) is 13.6. The molecule has 1 nitrogen and oxygen atoms in total. The minimum absolute atomic E-state index is 1.15. The van der Waals surface area contributed by atoms with Gasteiger partial charge in [-0.05, 0) is 50.4 Å². The van der Waals surface area contributed by atoms with Crippen molar-refractivity contribution in [1.29, 1.82) is 0 Å². The molecule has 0 aromatic heterocycles. The van der Waals surface area contributed by atoms with Gasteiger partial charge in [0, 0.05) is 0 Å². The van der Waals surface area contributed by atoms with E-state index in [0.29, 0.717) is 0 Å². The molecule has 0 aliphatic heterocycles. The van der Waals surface area contributed by atoms with Gasteiger partial charge in [0.1, 0.15) is 0 Å². The Morgan fingerprint density at radius 1 is 0.708 bits per heavy atom. The van der Waals surface area contributed by atoms with E-state index in [2.05, 4.69) is 72.8 Å². The highest BCUT2D eigenvalue weighted by molar-refractivity contribution is 6.08. The van der Waals surface area contributed by atoms with Gasteiger partial charge in [-0.25, -0.2) is 0 Å². The Morgan fingerprint density at radius 2 is 1.46 bits per heavy atom. The van der Waals surface area contributed by atoms with Gasteiger partial charge < -0.3 is 4.74 Å². The van der Waals surface area contributed by atoms with E-state index in [1.165, 1.54) is 32.7 Å². The monoisotopic (exact) mass is 310 g/mol. The first-order chi connectivity index (χ1) is 11.9. The van der Waals surface area contributed by atoms with Crippen LogP contribution in [0, 0.1) is 0 Å². The third kappa shape index (κ3) is 2.55. The Hall–Kier alpha value is -3.06. The fourth-order valence-electron chi connectivity index (χ4n) is 3.23. The first-order valence-electron chi connectivity index (χ1n) is 8.07. The van der Waals surface area contributed by atoms with E-state index >= 15 is 0 Å². The van der Waals surface area contributed by atoms with Crippen molar-refractivity contribution < 1.29 is 4.74 Å². The van der Waals surface area contributed by atoms with Crippen LogP contribution in [-0.4, -0.2) is 7.11 Å². The molecule has 0 amide bonds. The van der Waals surface area contributed by atoms with Crippen molar-refractivity contribution in [3.63, 3.8) is 0 Å². The Morgan fingerprint density at radius 3 is 2.38 bits per heavy atom. The van der Waals surface area contributed by atoms with Crippen LogP contribution in [0.4, 0.5) is 0 Å². The molecule has 0 saturated carbocycles. The minimum atomic E-state index is 1.15. The van der Waals surface area contributed by atoms with Gasteiger partial charge in [-0.15, -0.1) is 0 Å². The lowest BCUT2D eigenvalue weighted by atomic mass is 9.95. The molecule has 24 heavy (non-hydrogen) atoms. The number of fused-ring (bicyclic) bond motifs is 3. The molecule has 1 heteroatoms. The van der Waals surface area contributed by atoms with Crippen molar-refractivity contribution in [2.75, 3.05) is 7.11 Å². The van der Waals surface area contributed by atoms with Gasteiger partial charge in [-0.2, -0.15) is 0 Å². The second-order valence-electron chi connectivity index (χ2n) is 5.85. The molecule has 0 N–H and O–H groups in total. The number of ether oxygens (including phenoxy) is 1. The van der Waals surface area contributed by atoms with E-state index < -0.39 is 0 Å². The van der Waals surface area contributed by atoms with Crippen molar-refractivity contribution in [2.45, 2.75) is 0 Å². The molecule has 0 fully saturated rings. The van der Waals surface area contributed by atoms with E-state index in [4.69, 9.17) is 4.74 Å². The molecule has 0 spiro atoms. The summed E-state index contributed by atoms with van der Waals surface area (Å²) in [5.41, 5.74) is 3.58. The number of hydrogen-bond acceptors (Lipinski definition) is 1. The van der Waals surface area contributed by atoms with E-state index in [1.54, 1.807) is 13.4 Å². The summed E-state index contributed by atoms with van der Waals surface area (Å²) in [6.07, 6.45) is 3.72. The van der Waals surface area contributed by atoms with Gasteiger partial charge in [0.05, 0.1) is 13.4 Å². The summed E-state index contributed by atoms with van der Waals surface area (Å²) in [7, 11) is 1.67. The standard InChI is InChI=1S/C23H18O/c1-24-15-14-18-7-2-4-8-21(18)19-12-13-23-20(16-19)11-10-17-6-3-5-9-22(17)23/h2-16H,1H3. The Kier molecular flexibility index (Phi) is 3.76. The summed E-state index contributed by atoms with van der Waals surface area (Å²) in [4.78, 5) is 0. The second kappa shape index (κ2) is 6.21. The Balaban J connectivity index is 1.90. The first kappa shape index (κ1) is 14.5. The lowest BCUT2D eigenvalue weighted by Crippen LogP contribution is -1.85. The van der Waals surface area contributed by atoms with Crippen molar-refractivity contribution in [3.05, 3.63) is 90.7 Å². The SMILES string of the molecule is COC=Cc1ccccc1-c1ccc2c(ccc3ccccc32)c1. The van der Waals surface area contributed by atoms with Gasteiger partial charge in [-0.1, -0.05) is 72.8 Å². The van der Waals surface area contributed by atoms with Crippen LogP contribution < -0.4 is 0 Å². The average molecular weight is 310 g/mol. The van der Waals surface area contributed by atoms with Crippen LogP contribution in [0.2, 0.25) is 0 Å². The van der Waals surface area contributed by atoms with Crippen molar-refractivity contribution >= 4 is 27.6 Å². The second-order valence-corrected chi connectivity index (χ2v) is 5.85. The zero-order valence-corrected chi connectivity index (χ0v) is 13.6. The molecule has 0 heterocycles. The predicted octanol–water partition coefficient (Wildman–Crippen LogP) is 6.28. The van der Waals surface area contributed by atoms with Crippen LogP contribution in [0.1, 0.15) is 5.56 Å². The van der Waals surface area contributed by atoms with Gasteiger partial charge >= 0.3 is 0 Å². The number of benzene rings is 4. The van der Waals surface area contributed by atoms with Gasteiger partial charge in [-0.3, -0.25) is 0 Å². The summed E-state index contributed by atoms with van der Waals surface area (Å²) in [5.74, 6) is 0. The Labute approximate surface area is 141 Å². The summed E-state index contributed by atoms with van der Waals surface area (Å²) in [6.45, 7) is 0. The molecular formula is C23H18O. The van der Waals surface area contributed by atoms with Crippen molar-refractivity contribution in [3.8, 4) is 11.1 Å². The maximum absolute atomic E-state index is 5.07. The predicted molar refractivity (Wildman–Crippen MR) is 103 cm³/mol. The smallest absolute Gasteiger partial charge is 0.0830 e. The lowest BCUT2D eigenvalue weighted by molar-refractivity contribution is 0.341. The molecule has 0 radical (unpaired) electrons. The third-order valence-corrected chi connectivity index (χ3v) is 4.40. The fourth-order valence-corrected chi connectivity index (χ4v) is 3.23. The molecule has 4 rings (SSSR count). The van der Waals surface area contributed by atoms with Crippen molar-refractivity contribution in [2.24, 2.45) is 0 Å². The van der Waals surface area contributed by atoms with E-state index in [9.17, 15) is 0 Å². The highest BCUT2D eigenvalue weighted by Crippen LogP contribution is 2.31. The van der Waals surface area contributed by atoms with Crippen LogP contribution >= 0.6 is 0 Å². The molecule has 0 bridgehead atoms. The number of methoxy groups -OCH3 is 1. The van der Waals surface area contributed by atoms with Gasteiger partial charge in [0.2, 0.25) is 0 Å². The molecule has 4 aromatic carbocycles. The highest BCUT2D eigenvalue weighted by atomic mass is 16.5. The van der Waals surface area contributed by atoms with Crippen LogP contribution in [-0.2, 0) is 4.74 Å². The van der Waals surface area contributed by atoms with Gasteiger partial charge in [0.15, 0.2) is 0 Å². The molecule has 116 valence electrons. The first-order valence-corrected chi connectivity index (χ1v) is 8.07. The summed E-state index contributed by atoms with van der Waals surface area (Å²) in [5, 5.41) is 5.13. The van der Waals surface area contributed by atoms with Gasteiger partial charge in [0.25, 0.3) is 0 Å². The normalized spacial score (nSPS) is 11.4. The van der Waals surface area contributed by atoms with Crippen molar-refractivity contribution in [1.82, 2.24) is 0 Å². The topological polar surface area (TPSA) is 9.23 Å². The minimum Gasteiger partial charge on any atom is -0.504 e. The Bertz CT molecular complexity index is 1040. The van der Waals surface area contributed by atoms with Crippen LogP contribution in [0.3, 0.4) is 0 Å². The highest BCUT2D eigenvalue weighted by Gasteiger charge is 2.05. The average Bonchev–Trinajstić information content (AvgIpc) is 2.66. The van der Waals surface area contributed by atoms with E-state index in [0.717, 1.165) is 5.56 Å². The molecule has 0 saturated heterocycles. The molecular weight excluding hydrogens is 292 g/mol. The molecule has 0 aliphatic rings. The molecule has 0 atom stereocenters. The molecule has 0 aliphatic carbocycles. The van der Waals surface area contributed by atoms with Crippen LogP contribution in [0.15, 0.2) is 85.1 Å².